The molecule has 2 heterocycles. The van der Waals surface area contributed by atoms with Gasteiger partial charge in [0.25, 0.3) is 10.0 Å². The van der Waals surface area contributed by atoms with Gasteiger partial charge in [0.05, 0.1) is 23.1 Å². The SMILES string of the molecule is CC(C)c1c(S(=O)(=O)Nc2ccc(S(N)(=O)=O)cc2)c(-c2ccc(F)cc2)c(-c2ccc(F)cc2)n1CC[C@@H]1C[C@@H](O)CC(=O)O1. The van der Waals surface area contributed by atoms with Crippen LogP contribution in [0.4, 0.5) is 14.5 Å². The van der Waals surface area contributed by atoms with E-state index < -0.39 is 55.8 Å². The number of anilines is 1. The third kappa shape index (κ3) is 7.15. The molecular formula is C32H33F2N3O7S2. The number of benzene rings is 3. The fourth-order valence-corrected chi connectivity index (χ4v) is 7.88. The van der Waals surface area contributed by atoms with Crippen LogP contribution >= 0.6 is 0 Å². The highest BCUT2D eigenvalue weighted by Crippen LogP contribution is 2.45. The van der Waals surface area contributed by atoms with Crippen LogP contribution in [0.3, 0.4) is 0 Å². The molecule has 0 spiro atoms. The number of nitrogens with zero attached hydrogens (tertiary/aromatic N) is 1. The molecule has 0 aliphatic carbocycles. The minimum Gasteiger partial charge on any atom is -0.462 e. The molecule has 1 aliphatic heterocycles. The van der Waals surface area contributed by atoms with E-state index in [4.69, 9.17) is 9.88 Å². The highest BCUT2D eigenvalue weighted by atomic mass is 32.2. The normalized spacial score (nSPS) is 17.2. The summed E-state index contributed by atoms with van der Waals surface area (Å²) in [7, 11) is -8.47. The number of nitrogens with one attached hydrogen (secondary N) is 1. The quantitative estimate of drug-likeness (QED) is 0.197. The molecular weight excluding hydrogens is 640 g/mol. The van der Waals surface area contributed by atoms with Crippen LogP contribution in [0.2, 0.25) is 0 Å². The minimum atomic E-state index is -4.45. The van der Waals surface area contributed by atoms with Crippen LogP contribution in [0, 0.1) is 11.6 Å². The number of sulfonamides is 2. The van der Waals surface area contributed by atoms with Gasteiger partial charge in [0.15, 0.2) is 0 Å². The van der Waals surface area contributed by atoms with Gasteiger partial charge in [-0.1, -0.05) is 26.0 Å². The molecule has 5 rings (SSSR count). The first kappa shape index (κ1) is 33.3. The molecule has 0 radical (unpaired) electrons. The molecule has 46 heavy (non-hydrogen) atoms. The summed E-state index contributed by atoms with van der Waals surface area (Å²) < 4.78 is 90.3. The predicted molar refractivity (Wildman–Crippen MR) is 168 cm³/mol. The van der Waals surface area contributed by atoms with E-state index in [0.29, 0.717) is 22.5 Å². The van der Waals surface area contributed by atoms with Gasteiger partial charge in [-0.05, 0) is 77.7 Å². The van der Waals surface area contributed by atoms with E-state index in [0.717, 1.165) is 0 Å². The number of aromatic nitrogens is 1. The van der Waals surface area contributed by atoms with E-state index in [1.807, 2.05) is 0 Å². The van der Waals surface area contributed by atoms with Gasteiger partial charge in [0, 0.05) is 36.3 Å². The number of carbonyl (C=O) groups excluding carboxylic acids is 1. The van der Waals surface area contributed by atoms with Crippen molar-refractivity contribution >= 4 is 31.7 Å². The molecule has 0 bridgehead atoms. The monoisotopic (exact) mass is 673 g/mol. The Bertz CT molecular complexity index is 1960. The van der Waals surface area contributed by atoms with Gasteiger partial charge >= 0.3 is 5.97 Å². The number of hydrogen-bond donors (Lipinski definition) is 3. The number of nitrogens with two attached hydrogens (primary N) is 1. The molecule has 14 heteroatoms. The summed E-state index contributed by atoms with van der Waals surface area (Å²) in [6.07, 6.45) is -1.17. The Labute approximate surface area is 265 Å². The van der Waals surface area contributed by atoms with Gasteiger partial charge < -0.3 is 14.4 Å². The van der Waals surface area contributed by atoms with Crippen LogP contribution in [-0.2, 0) is 36.1 Å². The van der Waals surface area contributed by atoms with Crippen molar-refractivity contribution in [1.82, 2.24) is 4.57 Å². The molecule has 2 atom stereocenters. The van der Waals surface area contributed by atoms with Crippen molar-refractivity contribution < 1.29 is 40.3 Å². The highest BCUT2D eigenvalue weighted by molar-refractivity contribution is 7.93. The van der Waals surface area contributed by atoms with Gasteiger partial charge in [-0.2, -0.15) is 0 Å². The van der Waals surface area contributed by atoms with E-state index in [-0.39, 0.29) is 46.8 Å². The third-order valence-corrected chi connectivity index (χ3v) is 10.1. The Hall–Kier alpha value is -4.11. The predicted octanol–water partition coefficient (Wildman–Crippen LogP) is 5.13. The fraction of sp³-hybridized carbons (Fsp3) is 0.281. The number of halogens is 2. The van der Waals surface area contributed by atoms with Crippen molar-refractivity contribution in [2.24, 2.45) is 5.14 Å². The molecule has 1 aromatic heterocycles. The van der Waals surface area contributed by atoms with Crippen molar-refractivity contribution in [3.63, 3.8) is 0 Å². The summed E-state index contributed by atoms with van der Waals surface area (Å²) in [5, 5.41) is 15.4. The number of esters is 1. The molecule has 1 fully saturated rings. The van der Waals surface area contributed by atoms with Crippen molar-refractivity contribution in [2.45, 2.75) is 67.6 Å². The summed E-state index contributed by atoms with van der Waals surface area (Å²) in [6.45, 7) is 3.76. The van der Waals surface area contributed by atoms with Crippen LogP contribution in [0.1, 0.15) is 44.7 Å². The van der Waals surface area contributed by atoms with Crippen molar-refractivity contribution in [1.29, 1.82) is 0 Å². The summed E-state index contributed by atoms with van der Waals surface area (Å²) in [5.74, 6) is -1.99. The van der Waals surface area contributed by atoms with E-state index in [2.05, 4.69) is 4.72 Å². The Morgan fingerprint density at radius 2 is 1.50 bits per heavy atom. The Kier molecular flexibility index (Phi) is 9.36. The number of rotatable bonds is 10. The van der Waals surface area contributed by atoms with Crippen LogP contribution in [0.15, 0.2) is 82.6 Å². The van der Waals surface area contributed by atoms with E-state index in [9.17, 15) is 35.5 Å². The van der Waals surface area contributed by atoms with Gasteiger partial charge in [0.1, 0.15) is 22.6 Å². The maximum Gasteiger partial charge on any atom is 0.308 e. The van der Waals surface area contributed by atoms with Crippen molar-refractivity contribution in [3.8, 4) is 22.4 Å². The fourth-order valence-electron chi connectivity index (χ4n) is 5.71. The number of primary sulfonamides is 1. The van der Waals surface area contributed by atoms with E-state index >= 15 is 0 Å². The molecule has 0 saturated carbocycles. The number of hydrogen-bond acceptors (Lipinski definition) is 7. The molecule has 4 N–H and O–H groups in total. The Morgan fingerprint density at radius 3 is 2.02 bits per heavy atom. The lowest BCUT2D eigenvalue weighted by Gasteiger charge is -2.27. The lowest BCUT2D eigenvalue weighted by molar-refractivity contribution is -0.160. The zero-order valence-corrected chi connectivity index (χ0v) is 26.6. The molecule has 3 aromatic carbocycles. The number of cyclic esters (lactones) is 1. The van der Waals surface area contributed by atoms with Gasteiger partial charge in [0.2, 0.25) is 10.0 Å². The Balaban J connectivity index is 1.75. The summed E-state index contributed by atoms with van der Waals surface area (Å²) in [6, 6.07) is 15.7. The molecule has 1 saturated heterocycles. The molecule has 1 aliphatic rings. The molecule has 0 unspecified atom stereocenters. The second-order valence-electron chi connectivity index (χ2n) is 11.4. The number of ether oxygens (including phenoxy) is 1. The van der Waals surface area contributed by atoms with Gasteiger partial charge in [-0.25, -0.2) is 30.8 Å². The first-order chi connectivity index (χ1) is 21.6. The zero-order valence-electron chi connectivity index (χ0n) is 25.0. The lowest BCUT2D eigenvalue weighted by Crippen LogP contribution is -2.33. The number of carbonyl (C=O) groups is 1. The largest absolute Gasteiger partial charge is 0.462 e. The smallest absolute Gasteiger partial charge is 0.308 e. The van der Waals surface area contributed by atoms with Crippen molar-refractivity contribution in [2.75, 3.05) is 4.72 Å². The lowest BCUT2D eigenvalue weighted by atomic mass is 10.00. The molecule has 4 aromatic rings. The van der Waals surface area contributed by atoms with E-state index in [1.165, 1.54) is 72.8 Å². The third-order valence-electron chi connectivity index (χ3n) is 7.67. The highest BCUT2D eigenvalue weighted by Gasteiger charge is 2.35. The Morgan fingerprint density at radius 1 is 0.935 bits per heavy atom. The first-order valence-electron chi connectivity index (χ1n) is 14.5. The molecule has 244 valence electrons. The first-order valence-corrected chi connectivity index (χ1v) is 17.5. The molecule has 0 amide bonds. The average Bonchev–Trinajstić information content (AvgIpc) is 3.32. The van der Waals surface area contributed by atoms with Crippen LogP contribution in [0.25, 0.3) is 22.4 Å². The zero-order chi connectivity index (χ0) is 33.4. The summed E-state index contributed by atoms with van der Waals surface area (Å²) in [5.41, 5.74) is 1.90. The second kappa shape index (κ2) is 12.9. The van der Waals surface area contributed by atoms with E-state index in [1.54, 1.807) is 18.4 Å². The summed E-state index contributed by atoms with van der Waals surface area (Å²) in [4.78, 5) is 11.7. The summed E-state index contributed by atoms with van der Waals surface area (Å²) >= 11 is 0. The standard InChI is InChI=1S/C32H33F2N3O7S2/c1-19(2)30-32(46(42,43)36-24-11-13-27(14-12-24)45(35,40)41)29(20-3-7-22(33)8-4-20)31(21-5-9-23(34)10-6-21)37(30)16-15-26-17-25(38)18-28(39)44-26/h3-14,19,25-26,36,38H,15-18H2,1-2H3,(H2,35,40,41)/t25-,26-/m1/s1. The number of aliphatic hydroxyl groups is 1. The minimum absolute atomic E-state index is 0.0614. The van der Waals surface area contributed by atoms with Crippen LogP contribution in [-0.4, -0.2) is 44.7 Å². The number of aliphatic hydroxyl groups excluding tert-OH is 1. The molecule has 10 nitrogen and oxygen atoms in total. The topological polar surface area (TPSA) is 158 Å². The van der Waals surface area contributed by atoms with Gasteiger partial charge in [-0.15, -0.1) is 0 Å². The second-order valence-corrected chi connectivity index (χ2v) is 14.6. The van der Waals surface area contributed by atoms with Crippen LogP contribution < -0.4 is 9.86 Å². The van der Waals surface area contributed by atoms with Gasteiger partial charge in [-0.3, -0.25) is 9.52 Å². The van der Waals surface area contributed by atoms with Crippen molar-refractivity contribution in [3.05, 3.63) is 90.1 Å². The maximum absolute atomic E-state index is 14.4. The van der Waals surface area contributed by atoms with Crippen LogP contribution in [0.5, 0.6) is 0 Å². The maximum atomic E-state index is 14.4. The average molecular weight is 674 g/mol.